The molecule has 0 spiro atoms. The highest BCUT2D eigenvalue weighted by atomic mass is 79.9. The van der Waals surface area contributed by atoms with Gasteiger partial charge in [0.25, 0.3) is 5.91 Å². The number of ether oxygens (including phenoxy) is 1. The molecule has 6 nitrogen and oxygen atoms in total. The van der Waals surface area contributed by atoms with Gasteiger partial charge in [-0.1, -0.05) is 11.6 Å². The Hall–Kier alpha value is -2.12. The monoisotopic (exact) mass is 397 g/mol. The van der Waals surface area contributed by atoms with Gasteiger partial charge in [-0.2, -0.15) is 0 Å². The molecule has 0 aliphatic heterocycles. The van der Waals surface area contributed by atoms with Gasteiger partial charge in [-0.05, 0) is 46.3 Å². The Balaban J connectivity index is 1.99. The fraction of sp³-hybridized carbons (Fsp3) is 0.133. The first kappa shape index (κ1) is 17.2. The Morgan fingerprint density at radius 2 is 2.00 bits per heavy atom. The van der Waals surface area contributed by atoms with Gasteiger partial charge in [0.15, 0.2) is 0 Å². The average molecular weight is 399 g/mol. The van der Waals surface area contributed by atoms with Gasteiger partial charge in [-0.15, -0.1) is 0 Å². The maximum atomic E-state index is 12.2. The molecule has 0 bridgehead atoms. The zero-order valence-electron chi connectivity index (χ0n) is 11.9. The molecule has 1 aromatic heterocycles. The van der Waals surface area contributed by atoms with Crippen LogP contribution in [0.4, 0.5) is 5.69 Å². The number of aromatic nitrogens is 1. The molecule has 8 heteroatoms. The molecule has 0 radical (unpaired) electrons. The van der Waals surface area contributed by atoms with Gasteiger partial charge in [0.05, 0.1) is 18.6 Å². The number of nitrogens with zero attached hydrogens (tertiary/aromatic N) is 1. The van der Waals surface area contributed by atoms with E-state index in [4.69, 9.17) is 22.1 Å². The molecular formula is C15H13BrClN3O3. The van der Waals surface area contributed by atoms with Crippen molar-refractivity contribution >= 4 is 45.0 Å². The van der Waals surface area contributed by atoms with Gasteiger partial charge in [-0.3, -0.25) is 9.59 Å². The largest absolute Gasteiger partial charge is 0.493 e. The molecule has 120 valence electrons. The minimum atomic E-state index is -0.423. The van der Waals surface area contributed by atoms with Crippen molar-refractivity contribution in [2.75, 3.05) is 11.9 Å². The van der Waals surface area contributed by atoms with Crippen LogP contribution in [-0.2, 0) is 4.79 Å². The third-order valence-corrected chi connectivity index (χ3v) is 3.51. The minimum absolute atomic E-state index is 0.122. The lowest BCUT2D eigenvalue weighted by Gasteiger charge is -2.08. The SMILES string of the molecule is NC(=O)CCOc1ccc(NC(=O)c2cc(Br)cnc2Cl)cc1. The summed E-state index contributed by atoms with van der Waals surface area (Å²) in [6.45, 7) is 0.209. The van der Waals surface area contributed by atoms with Crippen LogP contribution in [0.25, 0.3) is 0 Å². The predicted molar refractivity (Wildman–Crippen MR) is 90.6 cm³/mol. The number of nitrogens with one attached hydrogen (secondary N) is 1. The highest BCUT2D eigenvalue weighted by molar-refractivity contribution is 9.10. The Bertz CT molecular complexity index is 722. The quantitative estimate of drug-likeness (QED) is 0.731. The number of amides is 2. The molecule has 1 aromatic carbocycles. The fourth-order valence-corrected chi connectivity index (χ4v) is 2.20. The molecule has 0 atom stereocenters. The van der Waals surface area contributed by atoms with E-state index in [0.29, 0.717) is 15.9 Å². The van der Waals surface area contributed by atoms with E-state index in [1.165, 1.54) is 6.20 Å². The Morgan fingerprint density at radius 1 is 1.30 bits per heavy atom. The van der Waals surface area contributed by atoms with Crippen LogP contribution >= 0.6 is 27.5 Å². The summed E-state index contributed by atoms with van der Waals surface area (Å²) in [5.74, 6) is -0.217. The number of hydrogen-bond donors (Lipinski definition) is 2. The number of benzene rings is 1. The Kier molecular flexibility index (Phi) is 5.95. The number of pyridine rings is 1. The molecule has 0 unspecified atom stereocenters. The molecule has 1 heterocycles. The first-order valence-electron chi connectivity index (χ1n) is 6.59. The van der Waals surface area contributed by atoms with Gasteiger partial charge in [0, 0.05) is 16.4 Å². The summed E-state index contributed by atoms with van der Waals surface area (Å²) in [4.78, 5) is 26.7. The summed E-state index contributed by atoms with van der Waals surface area (Å²) in [5.41, 5.74) is 5.87. The van der Waals surface area contributed by atoms with Gasteiger partial charge in [-0.25, -0.2) is 4.98 Å². The van der Waals surface area contributed by atoms with Crippen LogP contribution < -0.4 is 15.8 Å². The number of nitrogens with two attached hydrogens (primary N) is 1. The van der Waals surface area contributed by atoms with Crippen LogP contribution in [0.1, 0.15) is 16.8 Å². The summed E-state index contributed by atoms with van der Waals surface area (Å²) >= 11 is 9.16. The molecule has 2 amide bonds. The summed E-state index contributed by atoms with van der Waals surface area (Å²) < 4.78 is 6.00. The van der Waals surface area contributed by atoms with Gasteiger partial charge in [0.2, 0.25) is 5.91 Å². The highest BCUT2D eigenvalue weighted by Crippen LogP contribution is 2.21. The second-order valence-electron chi connectivity index (χ2n) is 4.54. The van der Waals surface area contributed by atoms with E-state index < -0.39 is 5.91 Å². The van der Waals surface area contributed by atoms with Crippen LogP contribution in [0.2, 0.25) is 5.15 Å². The first-order chi connectivity index (χ1) is 11.0. The molecule has 0 aliphatic rings. The van der Waals surface area contributed by atoms with Crippen molar-refractivity contribution in [2.24, 2.45) is 5.73 Å². The zero-order valence-corrected chi connectivity index (χ0v) is 14.2. The highest BCUT2D eigenvalue weighted by Gasteiger charge is 2.12. The molecule has 23 heavy (non-hydrogen) atoms. The van der Waals surface area contributed by atoms with E-state index in [0.717, 1.165) is 0 Å². The van der Waals surface area contributed by atoms with Crippen LogP contribution in [-0.4, -0.2) is 23.4 Å². The Labute approximate surface area is 146 Å². The lowest BCUT2D eigenvalue weighted by Crippen LogP contribution is -2.14. The van der Waals surface area contributed by atoms with Crippen molar-refractivity contribution in [2.45, 2.75) is 6.42 Å². The molecule has 0 fully saturated rings. The van der Waals surface area contributed by atoms with Crippen molar-refractivity contribution in [3.8, 4) is 5.75 Å². The summed E-state index contributed by atoms with van der Waals surface area (Å²) in [6, 6.07) is 8.30. The van der Waals surface area contributed by atoms with Crippen LogP contribution in [0.15, 0.2) is 41.0 Å². The smallest absolute Gasteiger partial charge is 0.258 e. The van der Waals surface area contributed by atoms with E-state index in [-0.39, 0.29) is 29.7 Å². The number of primary amides is 1. The maximum absolute atomic E-state index is 12.2. The second kappa shape index (κ2) is 7.94. The third kappa shape index (κ3) is 5.22. The van der Waals surface area contributed by atoms with Gasteiger partial charge >= 0.3 is 0 Å². The standard InChI is InChI=1S/C15H13BrClN3O3/c16-9-7-12(14(17)19-8-9)15(22)20-10-1-3-11(4-2-10)23-6-5-13(18)21/h1-4,7-8H,5-6H2,(H2,18,21)(H,20,22). The molecule has 0 saturated carbocycles. The third-order valence-electron chi connectivity index (χ3n) is 2.78. The molecule has 0 saturated heterocycles. The number of hydrogen-bond acceptors (Lipinski definition) is 4. The predicted octanol–water partition coefficient (Wildman–Crippen LogP) is 3.00. The van der Waals surface area contributed by atoms with E-state index >= 15 is 0 Å². The normalized spacial score (nSPS) is 10.2. The van der Waals surface area contributed by atoms with Crippen molar-refractivity contribution in [3.63, 3.8) is 0 Å². The number of halogens is 2. The molecule has 2 rings (SSSR count). The molecular weight excluding hydrogens is 386 g/mol. The van der Waals surface area contributed by atoms with Crippen molar-refractivity contribution in [1.29, 1.82) is 0 Å². The average Bonchev–Trinajstić information content (AvgIpc) is 2.51. The van der Waals surface area contributed by atoms with Crippen LogP contribution in [0, 0.1) is 0 Å². The second-order valence-corrected chi connectivity index (χ2v) is 5.81. The zero-order chi connectivity index (χ0) is 16.8. The lowest BCUT2D eigenvalue weighted by atomic mass is 10.2. The first-order valence-corrected chi connectivity index (χ1v) is 7.76. The number of carbonyl (C=O) groups excluding carboxylic acids is 2. The number of rotatable bonds is 6. The van der Waals surface area contributed by atoms with Gasteiger partial charge in [0.1, 0.15) is 10.9 Å². The lowest BCUT2D eigenvalue weighted by molar-refractivity contribution is -0.118. The fourth-order valence-electron chi connectivity index (χ4n) is 1.68. The van der Waals surface area contributed by atoms with Crippen LogP contribution in [0.5, 0.6) is 5.75 Å². The minimum Gasteiger partial charge on any atom is -0.493 e. The maximum Gasteiger partial charge on any atom is 0.258 e. The van der Waals surface area contributed by atoms with E-state index in [2.05, 4.69) is 26.2 Å². The van der Waals surface area contributed by atoms with Gasteiger partial charge < -0.3 is 15.8 Å². The molecule has 0 aliphatic carbocycles. The summed E-state index contributed by atoms with van der Waals surface area (Å²) in [6.07, 6.45) is 1.66. The van der Waals surface area contributed by atoms with Crippen molar-refractivity contribution < 1.29 is 14.3 Å². The van der Waals surface area contributed by atoms with E-state index in [9.17, 15) is 9.59 Å². The van der Waals surface area contributed by atoms with Crippen molar-refractivity contribution in [3.05, 3.63) is 51.7 Å². The topological polar surface area (TPSA) is 94.3 Å². The molecule has 2 aromatic rings. The Morgan fingerprint density at radius 3 is 2.65 bits per heavy atom. The number of carbonyl (C=O) groups is 2. The van der Waals surface area contributed by atoms with Crippen molar-refractivity contribution in [1.82, 2.24) is 4.98 Å². The summed E-state index contributed by atoms with van der Waals surface area (Å²) in [7, 11) is 0. The van der Waals surface area contributed by atoms with E-state index in [1.807, 2.05) is 0 Å². The molecule has 3 N–H and O–H groups in total. The summed E-state index contributed by atoms with van der Waals surface area (Å²) in [5, 5.41) is 2.84. The van der Waals surface area contributed by atoms with E-state index in [1.54, 1.807) is 30.3 Å². The number of anilines is 1. The van der Waals surface area contributed by atoms with Crippen LogP contribution in [0.3, 0.4) is 0 Å².